The summed E-state index contributed by atoms with van der Waals surface area (Å²) < 4.78 is 27.3. The van der Waals surface area contributed by atoms with E-state index in [4.69, 9.17) is 16.3 Å². The number of nitrogens with two attached hydrogens (primary N) is 2. The van der Waals surface area contributed by atoms with Crippen molar-refractivity contribution < 1.29 is 18.0 Å². The lowest BCUT2D eigenvalue weighted by Gasteiger charge is -2.17. The fourth-order valence-corrected chi connectivity index (χ4v) is 6.42. The minimum absolute atomic E-state index is 0.0333. The molecule has 1 amide bonds. The molecule has 6 N–H and O–H groups in total. The standard InChI is InChI=1S/C34H41N7O5S/c1-22(2)21-47(44,45)29-15-27(14-28(35)16-29)30-18-38-33(39-23(3)4)34(43)41(30)19-31(42)37-17-24-10-12-26(13-11-24)32(36)40-46-20-25-8-6-5-7-9-25/h5-16,18,22-23H,17,19-21,35H2,1-4H3,(H2,36,40)(H,37,42)(H,38,39). The molecule has 4 rings (SSSR count). The highest BCUT2D eigenvalue weighted by Gasteiger charge is 2.21. The Hall–Kier alpha value is -5.17. The van der Waals surface area contributed by atoms with Gasteiger partial charge in [0, 0.05) is 29.4 Å². The summed E-state index contributed by atoms with van der Waals surface area (Å²) in [6.07, 6.45) is 1.43. The lowest BCUT2D eigenvalue weighted by Crippen LogP contribution is -2.35. The van der Waals surface area contributed by atoms with Crippen LogP contribution in [0.15, 0.2) is 93.8 Å². The van der Waals surface area contributed by atoms with Gasteiger partial charge in [-0.3, -0.25) is 14.2 Å². The number of oxime groups is 1. The van der Waals surface area contributed by atoms with Crippen LogP contribution < -0.4 is 27.7 Å². The molecule has 0 unspecified atom stereocenters. The van der Waals surface area contributed by atoms with Gasteiger partial charge in [-0.2, -0.15) is 0 Å². The Kier molecular flexibility index (Phi) is 11.4. The Morgan fingerprint density at radius 1 is 1.00 bits per heavy atom. The highest BCUT2D eigenvalue weighted by atomic mass is 32.2. The number of benzene rings is 3. The molecular formula is C34H41N7O5S. The molecule has 0 bridgehead atoms. The summed E-state index contributed by atoms with van der Waals surface area (Å²) >= 11 is 0. The van der Waals surface area contributed by atoms with Crippen LogP contribution in [0, 0.1) is 5.92 Å². The third-order valence-corrected chi connectivity index (χ3v) is 8.95. The summed E-state index contributed by atoms with van der Waals surface area (Å²) in [4.78, 5) is 36.4. The topological polar surface area (TPSA) is 184 Å². The van der Waals surface area contributed by atoms with Crippen molar-refractivity contribution in [2.75, 3.05) is 16.8 Å². The van der Waals surface area contributed by atoms with Crippen molar-refractivity contribution in [2.45, 2.75) is 58.3 Å². The Bertz CT molecular complexity index is 1890. The molecule has 0 atom stereocenters. The summed E-state index contributed by atoms with van der Waals surface area (Å²) in [6.45, 7) is 7.47. The number of anilines is 2. The van der Waals surface area contributed by atoms with Crippen LogP contribution in [0.1, 0.15) is 44.4 Å². The van der Waals surface area contributed by atoms with E-state index in [2.05, 4.69) is 20.8 Å². The molecule has 0 aliphatic rings. The van der Waals surface area contributed by atoms with Crippen molar-refractivity contribution in [3.05, 3.63) is 106 Å². The number of hydrogen-bond acceptors (Lipinski definition) is 9. The maximum absolute atomic E-state index is 13.6. The fourth-order valence-electron chi connectivity index (χ4n) is 4.73. The number of rotatable bonds is 14. The van der Waals surface area contributed by atoms with Gasteiger partial charge in [-0.15, -0.1) is 0 Å². The second kappa shape index (κ2) is 15.4. The number of carbonyl (C=O) groups excluding carboxylic acids is 1. The Morgan fingerprint density at radius 2 is 1.70 bits per heavy atom. The fraction of sp³-hybridized carbons (Fsp3) is 0.294. The zero-order chi connectivity index (χ0) is 34.1. The first kappa shape index (κ1) is 34.7. The first-order valence-corrected chi connectivity index (χ1v) is 16.8. The monoisotopic (exact) mass is 659 g/mol. The van der Waals surface area contributed by atoms with Gasteiger partial charge >= 0.3 is 0 Å². The number of carbonyl (C=O) groups is 1. The van der Waals surface area contributed by atoms with Gasteiger partial charge in [0.15, 0.2) is 21.5 Å². The molecule has 3 aromatic carbocycles. The lowest BCUT2D eigenvalue weighted by atomic mass is 10.1. The number of nitrogen functional groups attached to an aromatic ring is 1. The van der Waals surface area contributed by atoms with Crippen LogP contribution >= 0.6 is 0 Å². The quantitative estimate of drug-likeness (QED) is 0.0675. The molecule has 0 saturated heterocycles. The van der Waals surface area contributed by atoms with Crippen LogP contribution in [0.5, 0.6) is 0 Å². The predicted octanol–water partition coefficient (Wildman–Crippen LogP) is 3.90. The average molecular weight is 660 g/mol. The minimum Gasteiger partial charge on any atom is -0.399 e. The van der Waals surface area contributed by atoms with Crippen LogP contribution in [0.3, 0.4) is 0 Å². The molecule has 0 aliphatic carbocycles. The number of aromatic nitrogens is 2. The van der Waals surface area contributed by atoms with Gasteiger partial charge in [0.2, 0.25) is 5.91 Å². The molecule has 248 valence electrons. The second-order valence-electron chi connectivity index (χ2n) is 11.9. The SMILES string of the molecule is CC(C)CS(=O)(=O)c1cc(N)cc(-c2cnc(NC(C)C)c(=O)n2CC(=O)NCc2ccc(C(N)=NOCc3ccccc3)cc2)c1. The van der Waals surface area contributed by atoms with Crippen LogP contribution in [0.25, 0.3) is 11.3 Å². The number of sulfone groups is 1. The molecule has 0 saturated carbocycles. The molecule has 1 aromatic heterocycles. The van der Waals surface area contributed by atoms with Gasteiger partial charge in [-0.1, -0.05) is 73.6 Å². The number of nitrogens with zero attached hydrogens (tertiary/aromatic N) is 3. The zero-order valence-corrected chi connectivity index (χ0v) is 27.8. The third kappa shape index (κ3) is 9.66. The van der Waals surface area contributed by atoms with Crippen molar-refractivity contribution in [1.82, 2.24) is 14.9 Å². The van der Waals surface area contributed by atoms with Gasteiger partial charge in [0.1, 0.15) is 13.2 Å². The molecule has 13 heteroatoms. The smallest absolute Gasteiger partial charge is 0.294 e. The van der Waals surface area contributed by atoms with Gasteiger partial charge in [0.25, 0.3) is 5.56 Å². The van der Waals surface area contributed by atoms with Gasteiger partial charge < -0.3 is 26.9 Å². The number of amides is 1. The normalized spacial score (nSPS) is 11.9. The molecule has 47 heavy (non-hydrogen) atoms. The molecule has 0 radical (unpaired) electrons. The van der Waals surface area contributed by atoms with Crippen molar-refractivity contribution in [3.63, 3.8) is 0 Å². The van der Waals surface area contributed by atoms with E-state index in [0.29, 0.717) is 17.7 Å². The van der Waals surface area contributed by atoms with Gasteiger partial charge in [-0.05, 0) is 49.1 Å². The third-order valence-electron chi connectivity index (χ3n) is 6.89. The van der Waals surface area contributed by atoms with E-state index in [1.165, 1.54) is 22.9 Å². The van der Waals surface area contributed by atoms with E-state index in [1.54, 1.807) is 30.3 Å². The highest BCUT2D eigenvalue weighted by molar-refractivity contribution is 7.91. The Balaban J connectivity index is 1.51. The number of hydrogen-bond donors (Lipinski definition) is 4. The van der Waals surface area contributed by atoms with Crippen LogP contribution in [0.2, 0.25) is 0 Å². The van der Waals surface area contributed by atoms with E-state index in [1.807, 2.05) is 58.0 Å². The highest BCUT2D eigenvalue weighted by Crippen LogP contribution is 2.27. The molecule has 0 spiro atoms. The maximum atomic E-state index is 13.6. The van der Waals surface area contributed by atoms with E-state index in [-0.39, 0.29) is 58.7 Å². The van der Waals surface area contributed by atoms with Gasteiger partial charge in [0.05, 0.1) is 22.5 Å². The van der Waals surface area contributed by atoms with E-state index >= 15 is 0 Å². The lowest BCUT2D eigenvalue weighted by molar-refractivity contribution is -0.121. The summed E-state index contributed by atoms with van der Waals surface area (Å²) in [6, 6.07) is 21.0. The molecule has 12 nitrogen and oxygen atoms in total. The van der Waals surface area contributed by atoms with Gasteiger partial charge in [-0.25, -0.2) is 13.4 Å². The Labute approximate surface area is 274 Å². The van der Waals surface area contributed by atoms with Crippen LogP contribution in [-0.4, -0.2) is 41.5 Å². The summed E-state index contributed by atoms with van der Waals surface area (Å²) in [7, 11) is -3.65. The maximum Gasteiger partial charge on any atom is 0.294 e. The summed E-state index contributed by atoms with van der Waals surface area (Å²) in [5, 5.41) is 9.82. The molecule has 4 aromatic rings. The number of nitrogens with one attached hydrogen (secondary N) is 2. The summed E-state index contributed by atoms with van der Waals surface area (Å²) in [5.74, 6) is -0.325. The predicted molar refractivity (Wildman–Crippen MR) is 184 cm³/mol. The minimum atomic E-state index is -3.65. The summed E-state index contributed by atoms with van der Waals surface area (Å²) in [5.41, 5.74) is 14.9. The first-order valence-electron chi connectivity index (χ1n) is 15.2. The van der Waals surface area contributed by atoms with E-state index in [9.17, 15) is 18.0 Å². The first-order chi connectivity index (χ1) is 22.3. The Morgan fingerprint density at radius 3 is 2.36 bits per heavy atom. The molecule has 1 heterocycles. The van der Waals surface area contributed by atoms with Crippen LogP contribution in [-0.2, 0) is 39.2 Å². The molecular weight excluding hydrogens is 618 g/mol. The van der Waals surface area contributed by atoms with E-state index < -0.39 is 21.3 Å². The average Bonchev–Trinajstić information content (AvgIpc) is 3.01. The zero-order valence-electron chi connectivity index (χ0n) is 26.9. The van der Waals surface area contributed by atoms with Crippen molar-refractivity contribution in [1.29, 1.82) is 0 Å². The van der Waals surface area contributed by atoms with Crippen molar-refractivity contribution in [2.24, 2.45) is 16.8 Å². The molecule has 0 fully saturated rings. The number of amidine groups is 1. The van der Waals surface area contributed by atoms with E-state index in [0.717, 1.165) is 11.1 Å². The molecule has 0 aliphatic heterocycles. The van der Waals surface area contributed by atoms with Crippen molar-refractivity contribution in [3.8, 4) is 11.3 Å². The van der Waals surface area contributed by atoms with Crippen LogP contribution in [0.4, 0.5) is 11.5 Å². The largest absolute Gasteiger partial charge is 0.399 e. The second-order valence-corrected chi connectivity index (χ2v) is 13.9. The van der Waals surface area contributed by atoms with Crippen molar-refractivity contribution >= 4 is 33.1 Å².